The van der Waals surface area contributed by atoms with E-state index in [1.165, 1.54) is 77.4 Å². The Kier molecular flexibility index (Phi) is 9.21. The van der Waals surface area contributed by atoms with Crippen LogP contribution in [0.1, 0.15) is 25.0 Å². The molecule has 1 aliphatic carbocycles. The molecule has 308 valence electrons. The third-order valence-electron chi connectivity index (χ3n) is 13.6. The van der Waals surface area contributed by atoms with E-state index in [-0.39, 0.29) is 5.41 Å². The number of hydrogen-bond donors (Lipinski definition) is 0. The molecule has 11 aromatic rings. The van der Waals surface area contributed by atoms with Gasteiger partial charge in [-0.1, -0.05) is 196 Å². The van der Waals surface area contributed by atoms with Gasteiger partial charge in [0.25, 0.3) is 0 Å². The van der Waals surface area contributed by atoms with Gasteiger partial charge in [0.05, 0.1) is 11.0 Å². The molecule has 0 N–H and O–H groups in total. The van der Waals surface area contributed by atoms with Crippen LogP contribution in [0, 0.1) is 0 Å². The van der Waals surface area contributed by atoms with Crippen LogP contribution in [-0.4, -0.2) is 4.57 Å². The Balaban J connectivity index is 1.03. The second kappa shape index (κ2) is 15.6. The lowest BCUT2D eigenvalue weighted by atomic mass is 9.82. The molecule has 1 aliphatic rings. The summed E-state index contributed by atoms with van der Waals surface area (Å²) in [6.07, 6.45) is 0. The fourth-order valence-electron chi connectivity index (χ4n) is 10.3. The number of anilines is 3. The van der Waals surface area contributed by atoms with Crippen LogP contribution in [0.25, 0.3) is 83.1 Å². The molecule has 65 heavy (non-hydrogen) atoms. The van der Waals surface area contributed by atoms with Gasteiger partial charge in [0.1, 0.15) is 0 Å². The molecule has 0 bridgehead atoms. The highest BCUT2D eigenvalue weighted by Crippen LogP contribution is 2.50. The minimum absolute atomic E-state index is 0.0659. The van der Waals surface area contributed by atoms with Gasteiger partial charge in [0.15, 0.2) is 0 Å². The minimum atomic E-state index is -0.0659. The number of nitrogens with zero attached hydrogens (tertiary/aromatic N) is 2. The summed E-state index contributed by atoms with van der Waals surface area (Å²) in [6.45, 7) is 4.71. The highest BCUT2D eigenvalue weighted by atomic mass is 15.1. The molecular weight excluding hydrogens is 785 g/mol. The molecule has 2 heteroatoms. The first-order valence-electron chi connectivity index (χ1n) is 22.6. The summed E-state index contributed by atoms with van der Waals surface area (Å²) in [5.41, 5.74) is 21.6. The average Bonchev–Trinajstić information content (AvgIpc) is 3.82. The molecule has 0 fully saturated rings. The summed E-state index contributed by atoms with van der Waals surface area (Å²) in [5, 5.41) is 2.47. The molecule has 1 heterocycles. The van der Waals surface area contributed by atoms with E-state index in [4.69, 9.17) is 0 Å². The van der Waals surface area contributed by atoms with E-state index in [1.807, 2.05) is 0 Å². The van der Waals surface area contributed by atoms with E-state index in [9.17, 15) is 0 Å². The van der Waals surface area contributed by atoms with Crippen molar-refractivity contribution in [2.45, 2.75) is 19.3 Å². The van der Waals surface area contributed by atoms with Gasteiger partial charge in [-0.2, -0.15) is 0 Å². The van der Waals surface area contributed by atoms with Gasteiger partial charge in [-0.15, -0.1) is 0 Å². The van der Waals surface area contributed by atoms with Crippen LogP contribution in [-0.2, 0) is 5.41 Å². The molecule has 10 aromatic carbocycles. The predicted octanol–water partition coefficient (Wildman–Crippen LogP) is 17.2. The van der Waals surface area contributed by atoms with Crippen LogP contribution in [0.3, 0.4) is 0 Å². The maximum atomic E-state index is 2.50. The molecule has 0 radical (unpaired) electrons. The lowest BCUT2D eigenvalue weighted by molar-refractivity contribution is 0.660. The SMILES string of the molecule is CC1(C)c2ccccc2-c2cc(-n3c4cc(-c5ccccc5)ccc4c4ccc(-c5cccc(N(c6cccc(-c7ccccc7)c6)c6cccc(-c7ccccc7)c6)c5)cc43)ccc21. The Bertz CT molecular complexity index is 3480. The summed E-state index contributed by atoms with van der Waals surface area (Å²) < 4.78 is 2.50. The van der Waals surface area contributed by atoms with Gasteiger partial charge in [0, 0.05) is 38.9 Å². The van der Waals surface area contributed by atoms with E-state index in [1.54, 1.807) is 0 Å². The van der Waals surface area contributed by atoms with Crippen molar-refractivity contribution in [2.24, 2.45) is 0 Å². The van der Waals surface area contributed by atoms with Gasteiger partial charge in [-0.3, -0.25) is 0 Å². The fourth-order valence-corrected chi connectivity index (χ4v) is 10.3. The van der Waals surface area contributed by atoms with Crippen molar-refractivity contribution in [1.82, 2.24) is 4.57 Å². The first-order chi connectivity index (χ1) is 32.0. The maximum Gasteiger partial charge on any atom is 0.0547 e. The van der Waals surface area contributed by atoms with Gasteiger partial charge in [-0.05, 0) is 127 Å². The molecule has 0 saturated carbocycles. The third-order valence-corrected chi connectivity index (χ3v) is 13.6. The fraction of sp³-hybridized carbons (Fsp3) is 0.0476. The van der Waals surface area contributed by atoms with Crippen molar-refractivity contribution in [3.63, 3.8) is 0 Å². The normalized spacial score (nSPS) is 12.6. The van der Waals surface area contributed by atoms with Gasteiger partial charge in [0.2, 0.25) is 0 Å². The first-order valence-corrected chi connectivity index (χ1v) is 22.6. The van der Waals surface area contributed by atoms with Gasteiger partial charge >= 0.3 is 0 Å². The highest BCUT2D eigenvalue weighted by molar-refractivity contribution is 6.11. The van der Waals surface area contributed by atoms with Crippen molar-refractivity contribution in [3.8, 4) is 61.3 Å². The molecule has 2 nitrogen and oxygen atoms in total. The Morgan fingerprint density at radius 3 is 1.22 bits per heavy atom. The van der Waals surface area contributed by atoms with Crippen LogP contribution in [0.15, 0.2) is 243 Å². The minimum Gasteiger partial charge on any atom is -0.310 e. The molecule has 0 aliphatic heterocycles. The van der Waals surface area contributed by atoms with Gasteiger partial charge < -0.3 is 9.47 Å². The zero-order valence-electron chi connectivity index (χ0n) is 36.5. The number of benzene rings is 10. The molecule has 12 rings (SSSR count). The number of aromatic nitrogens is 1. The van der Waals surface area contributed by atoms with Crippen molar-refractivity contribution >= 4 is 38.9 Å². The standard InChI is InChI=1S/C63H46N2/c1-63(2)59-30-13-12-29-55(59)58-42-54(33-36-60(58)63)65-61-40-49(45-21-10-5-11-22-45)31-34-56(61)57-35-32-50(41-62(57)65)48-25-16-28-53(39-48)64(51-26-14-23-46(37-51)43-17-6-3-7-18-43)52-27-15-24-47(38-52)44-19-8-4-9-20-44/h3-42H,1-2H3. The highest BCUT2D eigenvalue weighted by Gasteiger charge is 2.35. The van der Waals surface area contributed by atoms with Crippen molar-refractivity contribution in [3.05, 3.63) is 254 Å². The molecule has 0 spiro atoms. The maximum absolute atomic E-state index is 2.50. The Hall–Kier alpha value is -8.20. The Labute approximate surface area is 381 Å². The molecule has 0 saturated heterocycles. The second-order valence-corrected chi connectivity index (χ2v) is 17.8. The Morgan fingerprint density at radius 1 is 0.308 bits per heavy atom. The molecule has 0 atom stereocenters. The number of rotatable bonds is 8. The average molecular weight is 831 g/mol. The largest absolute Gasteiger partial charge is 0.310 e. The topological polar surface area (TPSA) is 8.17 Å². The zero-order chi connectivity index (χ0) is 43.5. The van der Waals surface area contributed by atoms with E-state index in [2.05, 4.69) is 266 Å². The predicted molar refractivity (Wildman–Crippen MR) is 275 cm³/mol. The Morgan fingerprint density at radius 2 is 0.708 bits per heavy atom. The van der Waals surface area contributed by atoms with Crippen LogP contribution in [0.5, 0.6) is 0 Å². The lowest BCUT2D eigenvalue weighted by Gasteiger charge is -2.27. The smallest absolute Gasteiger partial charge is 0.0547 e. The van der Waals surface area contributed by atoms with Crippen LogP contribution >= 0.6 is 0 Å². The van der Waals surface area contributed by atoms with Crippen molar-refractivity contribution < 1.29 is 0 Å². The number of fused-ring (bicyclic) bond motifs is 6. The molecule has 1 aromatic heterocycles. The molecule has 0 amide bonds. The monoisotopic (exact) mass is 830 g/mol. The quantitative estimate of drug-likeness (QED) is 0.148. The van der Waals surface area contributed by atoms with Crippen molar-refractivity contribution in [2.75, 3.05) is 4.90 Å². The number of hydrogen-bond acceptors (Lipinski definition) is 1. The summed E-state index contributed by atoms with van der Waals surface area (Å²) >= 11 is 0. The summed E-state index contributed by atoms with van der Waals surface area (Å²) in [6, 6.07) is 88.9. The lowest BCUT2D eigenvalue weighted by Crippen LogP contribution is -2.14. The van der Waals surface area contributed by atoms with Crippen molar-refractivity contribution in [1.29, 1.82) is 0 Å². The first kappa shape index (κ1) is 38.5. The summed E-state index contributed by atoms with van der Waals surface area (Å²) in [7, 11) is 0. The van der Waals surface area contributed by atoms with E-state index in [0.717, 1.165) is 33.9 Å². The summed E-state index contributed by atoms with van der Waals surface area (Å²) in [5.74, 6) is 0. The van der Waals surface area contributed by atoms with Crippen LogP contribution < -0.4 is 4.90 Å². The van der Waals surface area contributed by atoms with Crippen LogP contribution in [0.2, 0.25) is 0 Å². The van der Waals surface area contributed by atoms with E-state index >= 15 is 0 Å². The van der Waals surface area contributed by atoms with E-state index in [0.29, 0.717) is 0 Å². The molecular formula is C63H46N2. The van der Waals surface area contributed by atoms with E-state index < -0.39 is 0 Å². The second-order valence-electron chi connectivity index (χ2n) is 17.8. The summed E-state index contributed by atoms with van der Waals surface area (Å²) in [4.78, 5) is 2.40. The zero-order valence-corrected chi connectivity index (χ0v) is 36.5. The van der Waals surface area contributed by atoms with Crippen LogP contribution in [0.4, 0.5) is 17.1 Å². The van der Waals surface area contributed by atoms with Gasteiger partial charge in [-0.25, -0.2) is 0 Å². The molecule has 0 unspecified atom stereocenters. The third kappa shape index (κ3) is 6.65.